The molecule has 0 radical (unpaired) electrons. The van der Waals surface area contributed by atoms with Crippen molar-refractivity contribution < 1.29 is 4.42 Å². The summed E-state index contributed by atoms with van der Waals surface area (Å²) in [6.45, 7) is 2.10. The van der Waals surface area contributed by atoms with E-state index in [0.717, 1.165) is 56.2 Å². The average Bonchev–Trinajstić information content (AvgIpc) is 3.16. The van der Waals surface area contributed by atoms with Gasteiger partial charge in [-0.2, -0.15) is 0 Å². The zero-order valence-corrected chi connectivity index (χ0v) is 16.6. The molecule has 0 aliphatic rings. The number of aryl methyl sites for hydroxylation is 1. The quantitative estimate of drug-likeness (QED) is 0.261. The van der Waals surface area contributed by atoms with E-state index in [4.69, 9.17) is 9.83 Å². The molecule has 3 heteroatoms. The van der Waals surface area contributed by atoms with Crippen molar-refractivity contribution in [2.24, 2.45) is 4.99 Å². The summed E-state index contributed by atoms with van der Waals surface area (Å²) in [5.41, 5.74) is 7.95. The van der Waals surface area contributed by atoms with E-state index in [1.165, 1.54) is 5.56 Å². The van der Waals surface area contributed by atoms with Crippen LogP contribution in [-0.4, -0.2) is 12.1 Å². The van der Waals surface area contributed by atoms with Crippen molar-refractivity contribution in [1.29, 1.82) is 5.41 Å². The fourth-order valence-corrected chi connectivity index (χ4v) is 3.99. The van der Waals surface area contributed by atoms with Gasteiger partial charge in [-0.15, -0.1) is 0 Å². The van der Waals surface area contributed by atoms with Gasteiger partial charge in [0, 0.05) is 21.9 Å². The van der Waals surface area contributed by atoms with E-state index < -0.39 is 0 Å². The van der Waals surface area contributed by atoms with Crippen molar-refractivity contribution in [2.45, 2.75) is 6.92 Å². The molecule has 5 rings (SSSR count). The zero-order chi connectivity index (χ0) is 20.5. The highest BCUT2D eigenvalue weighted by Crippen LogP contribution is 2.37. The number of hydrogen-bond donors (Lipinski definition) is 1. The summed E-state index contributed by atoms with van der Waals surface area (Å²) in [7, 11) is 0. The third kappa shape index (κ3) is 3.11. The molecule has 0 saturated heterocycles. The second-order valence-electron chi connectivity index (χ2n) is 7.33. The van der Waals surface area contributed by atoms with Crippen molar-refractivity contribution in [3.05, 3.63) is 108 Å². The molecule has 0 atom stereocenters. The van der Waals surface area contributed by atoms with Crippen LogP contribution in [0.2, 0.25) is 0 Å². The Bertz CT molecular complexity index is 1410. The Morgan fingerprint density at radius 3 is 2.43 bits per heavy atom. The number of furan rings is 1. The Morgan fingerprint density at radius 2 is 1.60 bits per heavy atom. The monoisotopic (exact) mass is 388 g/mol. The second kappa shape index (κ2) is 7.45. The van der Waals surface area contributed by atoms with Crippen molar-refractivity contribution in [3.8, 4) is 11.1 Å². The molecule has 0 amide bonds. The lowest BCUT2D eigenvalue weighted by Crippen LogP contribution is -2.03. The van der Waals surface area contributed by atoms with Gasteiger partial charge in [-0.25, -0.2) is 4.99 Å². The van der Waals surface area contributed by atoms with Crippen molar-refractivity contribution >= 4 is 34.0 Å². The fraction of sp³-hybridized carbons (Fsp3) is 0.0370. The van der Waals surface area contributed by atoms with Gasteiger partial charge in [-0.3, -0.25) is 5.41 Å². The second-order valence-corrected chi connectivity index (χ2v) is 7.33. The van der Waals surface area contributed by atoms with Crippen LogP contribution in [0.15, 0.2) is 100 Å². The molecule has 0 aliphatic heterocycles. The van der Waals surface area contributed by atoms with Crippen LogP contribution in [-0.2, 0) is 0 Å². The number of rotatable bonds is 4. The predicted molar refractivity (Wildman–Crippen MR) is 125 cm³/mol. The van der Waals surface area contributed by atoms with Crippen LogP contribution in [0.3, 0.4) is 0 Å². The molecule has 1 N–H and O–H groups in total. The average molecular weight is 388 g/mol. The maximum atomic E-state index is 7.52. The maximum Gasteiger partial charge on any atom is 0.136 e. The predicted octanol–water partition coefficient (Wildman–Crippen LogP) is 7.01. The third-order valence-corrected chi connectivity index (χ3v) is 5.34. The van der Waals surface area contributed by atoms with Crippen LogP contribution in [0.4, 0.5) is 0 Å². The molecule has 0 spiro atoms. The van der Waals surface area contributed by atoms with Gasteiger partial charge in [0.05, 0.1) is 5.71 Å². The van der Waals surface area contributed by atoms with Crippen LogP contribution in [0.25, 0.3) is 33.1 Å². The highest BCUT2D eigenvalue weighted by atomic mass is 16.3. The Morgan fingerprint density at radius 1 is 0.800 bits per heavy atom. The van der Waals surface area contributed by atoms with Gasteiger partial charge in [0.1, 0.15) is 17.5 Å². The van der Waals surface area contributed by atoms with Gasteiger partial charge in [0.25, 0.3) is 0 Å². The van der Waals surface area contributed by atoms with Crippen LogP contribution < -0.4 is 0 Å². The summed E-state index contributed by atoms with van der Waals surface area (Å²) in [4.78, 5) is 4.35. The van der Waals surface area contributed by atoms with E-state index in [2.05, 4.69) is 42.2 Å². The van der Waals surface area contributed by atoms with Crippen LogP contribution in [0, 0.1) is 12.3 Å². The first-order chi connectivity index (χ1) is 14.7. The zero-order valence-electron chi connectivity index (χ0n) is 16.6. The number of fused-ring (bicyclic) bond motifs is 3. The molecule has 4 aromatic carbocycles. The molecule has 0 fully saturated rings. The molecule has 0 aliphatic carbocycles. The SMILES string of the molecule is Cc1ccc2oc3cccc(-c4cccc(C(=NC=N)c5ccccc5)c4)c3c2c1. The standard InChI is InChI=1S/C27H20N2O/c1-18-13-14-24-23(15-18)26-22(11-6-12-25(26)30-24)20-9-5-10-21(16-20)27(29-17-28)19-7-3-2-4-8-19/h2-17,28H,1H3. The first-order valence-electron chi connectivity index (χ1n) is 9.89. The molecule has 3 nitrogen and oxygen atoms in total. The molecule has 5 aromatic rings. The van der Waals surface area contributed by atoms with Crippen molar-refractivity contribution in [2.75, 3.05) is 0 Å². The summed E-state index contributed by atoms with van der Waals surface area (Å²) in [5.74, 6) is 0. The molecule has 144 valence electrons. The van der Waals surface area contributed by atoms with Crippen LogP contribution in [0.1, 0.15) is 16.7 Å². The lowest BCUT2D eigenvalue weighted by atomic mass is 9.95. The number of benzene rings is 4. The van der Waals surface area contributed by atoms with E-state index >= 15 is 0 Å². The molecule has 0 bridgehead atoms. The Balaban J connectivity index is 1.72. The Labute approximate surface area is 174 Å². The molecule has 1 aromatic heterocycles. The minimum absolute atomic E-state index is 0.785. The highest BCUT2D eigenvalue weighted by Gasteiger charge is 2.14. The number of aliphatic imine (C=N–C) groups is 1. The van der Waals surface area contributed by atoms with E-state index in [0.29, 0.717) is 0 Å². The van der Waals surface area contributed by atoms with Gasteiger partial charge < -0.3 is 4.42 Å². The molecular formula is C27H20N2O. The normalized spacial score (nSPS) is 11.8. The lowest BCUT2D eigenvalue weighted by molar-refractivity contribution is 0.669. The topological polar surface area (TPSA) is 49.4 Å². The Kier molecular flexibility index (Phi) is 4.49. The lowest BCUT2D eigenvalue weighted by Gasteiger charge is -2.10. The van der Waals surface area contributed by atoms with Crippen molar-refractivity contribution in [3.63, 3.8) is 0 Å². The number of nitrogens with one attached hydrogen (secondary N) is 1. The maximum absolute atomic E-state index is 7.52. The third-order valence-electron chi connectivity index (χ3n) is 5.34. The van der Waals surface area contributed by atoms with E-state index in [9.17, 15) is 0 Å². The first-order valence-corrected chi connectivity index (χ1v) is 9.89. The van der Waals surface area contributed by atoms with Gasteiger partial charge in [-0.1, -0.05) is 72.3 Å². The minimum Gasteiger partial charge on any atom is -0.456 e. The summed E-state index contributed by atoms with van der Waals surface area (Å²) < 4.78 is 6.10. The van der Waals surface area contributed by atoms with E-state index in [-0.39, 0.29) is 0 Å². The molecule has 1 heterocycles. The largest absolute Gasteiger partial charge is 0.456 e. The van der Waals surface area contributed by atoms with Gasteiger partial charge >= 0.3 is 0 Å². The van der Waals surface area contributed by atoms with Crippen LogP contribution >= 0.6 is 0 Å². The summed E-state index contributed by atoms with van der Waals surface area (Å²) in [5, 5.41) is 9.77. The molecular weight excluding hydrogens is 368 g/mol. The molecule has 30 heavy (non-hydrogen) atoms. The van der Waals surface area contributed by atoms with E-state index in [1.54, 1.807) is 0 Å². The van der Waals surface area contributed by atoms with Gasteiger partial charge in [-0.05, 0) is 42.3 Å². The summed E-state index contributed by atoms with van der Waals surface area (Å²) in [6, 6.07) is 30.8. The first kappa shape index (κ1) is 18.1. The van der Waals surface area contributed by atoms with Gasteiger partial charge in [0.2, 0.25) is 0 Å². The molecule has 0 unspecified atom stereocenters. The summed E-state index contributed by atoms with van der Waals surface area (Å²) >= 11 is 0. The van der Waals surface area contributed by atoms with E-state index in [1.807, 2.05) is 60.7 Å². The smallest absolute Gasteiger partial charge is 0.136 e. The highest BCUT2D eigenvalue weighted by molar-refractivity contribution is 6.16. The summed E-state index contributed by atoms with van der Waals surface area (Å²) in [6.07, 6.45) is 1.10. The van der Waals surface area contributed by atoms with Crippen LogP contribution in [0.5, 0.6) is 0 Å². The Hall–Kier alpha value is -3.98. The van der Waals surface area contributed by atoms with Gasteiger partial charge in [0.15, 0.2) is 0 Å². The number of hydrogen-bond acceptors (Lipinski definition) is 2. The number of nitrogens with zero attached hydrogens (tertiary/aromatic N) is 1. The fourth-order valence-electron chi connectivity index (χ4n) is 3.99. The van der Waals surface area contributed by atoms with Crippen molar-refractivity contribution in [1.82, 2.24) is 0 Å². The minimum atomic E-state index is 0.785. The molecule has 0 saturated carbocycles.